The number of piperidine rings is 1. The van der Waals surface area contributed by atoms with Crippen molar-refractivity contribution in [2.24, 2.45) is 5.92 Å². The predicted octanol–water partition coefficient (Wildman–Crippen LogP) is 5.62. The molecule has 3 aromatic heterocycles. The summed E-state index contributed by atoms with van der Waals surface area (Å²) in [5.41, 5.74) is 1.10. The molecule has 8 rings (SSSR count). The Labute approximate surface area is 259 Å². The molecular weight excluding hydrogens is 588 g/mol. The van der Waals surface area contributed by atoms with Gasteiger partial charge in [-0.15, -0.1) is 0 Å². The lowest BCUT2D eigenvalue weighted by atomic mass is 9.94. The molecule has 232 valence electrons. The van der Waals surface area contributed by atoms with Crippen molar-refractivity contribution in [2.75, 3.05) is 37.7 Å². The Hall–Kier alpha value is -3.15. The van der Waals surface area contributed by atoms with Crippen molar-refractivity contribution >= 4 is 39.2 Å². The molecule has 44 heavy (non-hydrogen) atoms. The molecule has 4 aromatic rings. The van der Waals surface area contributed by atoms with Crippen LogP contribution in [0.2, 0.25) is 5.02 Å². The molecule has 12 heteroatoms. The summed E-state index contributed by atoms with van der Waals surface area (Å²) in [6.07, 6.45) is 9.02. The quantitative estimate of drug-likeness (QED) is 0.274. The lowest BCUT2D eigenvalue weighted by molar-refractivity contribution is 0.0447. The van der Waals surface area contributed by atoms with E-state index in [0.29, 0.717) is 65.7 Å². The molecule has 0 spiro atoms. The number of fused-ring (bicyclic) bond motifs is 3. The van der Waals surface area contributed by atoms with E-state index >= 15 is 4.39 Å². The smallest absolute Gasteiger partial charge is 0.319 e. The number of hydrogen-bond acceptors (Lipinski definition) is 8. The number of alkyl halides is 1. The number of aromatic nitrogens is 5. The number of benzene rings is 1. The van der Waals surface area contributed by atoms with Crippen molar-refractivity contribution in [3.8, 4) is 17.3 Å². The summed E-state index contributed by atoms with van der Waals surface area (Å²) < 4.78 is 37.6. The van der Waals surface area contributed by atoms with E-state index < -0.39 is 23.1 Å². The van der Waals surface area contributed by atoms with Gasteiger partial charge in [0.25, 0.3) is 0 Å². The van der Waals surface area contributed by atoms with E-state index in [0.717, 1.165) is 56.0 Å². The fourth-order valence-corrected chi connectivity index (χ4v) is 8.01. The van der Waals surface area contributed by atoms with Crippen LogP contribution in [-0.4, -0.2) is 85.3 Å². The number of rotatable bonds is 7. The Morgan fingerprint density at radius 1 is 1.16 bits per heavy atom. The van der Waals surface area contributed by atoms with Crippen molar-refractivity contribution in [1.29, 1.82) is 0 Å². The van der Waals surface area contributed by atoms with Gasteiger partial charge < -0.3 is 14.7 Å². The van der Waals surface area contributed by atoms with Crippen LogP contribution in [0.15, 0.2) is 18.5 Å². The summed E-state index contributed by atoms with van der Waals surface area (Å²) in [5.74, 6) is 0.386. The average Bonchev–Trinajstić information content (AvgIpc) is 3.39. The second kappa shape index (κ2) is 10.5. The molecule has 3 atom stereocenters. The van der Waals surface area contributed by atoms with Crippen LogP contribution in [0.25, 0.3) is 33.1 Å². The van der Waals surface area contributed by atoms with Crippen LogP contribution in [-0.2, 0) is 6.42 Å². The molecular formula is C32H36ClF2N7O2. The maximum absolute atomic E-state index is 16.9. The molecule has 1 aliphatic carbocycles. The van der Waals surface area contributed by atoms with Crippen LogP contribution in [0.4, 0.5) is 14.6 Å². The van der Waals surface area contributed by atoms with E-state index in [1.807, 2.05) is 11.0 Å². The van der Waals surface area contributed by atoms with E-state index in [9.17, 15) is 9.50 Å². The summed E-state index contributed by atoms with van der Waals surface area (Å²) in [5, 5.41) is 19.8. The molecule has 9 nitrogen and oxygen atoms in total. The molecule has 1 aromatic carbocycles. The highest BCUT2D eigenvalue weighted by Crippen LogP contribution is 2.44. The first-order valence-corrected chi connectivity index (χ1v) is 16.1. The number of anilines is 1. The Bertz CT molecular complexity index is 1760. The van der Waals surface area contributed by atoms with Crippen molar-refractivity contribution < 1.29 is 18.6 Å². The highest BCUT2D eigenvalue weighted by atomic mass is 35.5. The number of aliphatic hydroxyl groups is 1. The number of ether oxygens (including phenoxy) is 1. The molecule has 0 radical (unpaired) electrons. The fourth-order valence-electron chi connectivity index (χ4n) is 7.73. The zero-order valence-electron chi connectivity index (χ0n) is 24.8. The van der Waals surface area contributed by atoms with E-state index in [4.69, 9.17) is 21.3 Å². The zero-order valence-corrected chi connectivity index (χ0v) is 25.5. The number of nitrogens with zero attached hydrogens (tertiary/aromatic N) is 6. The van der Waals surface area contributed by atoms with Gasteiger partial charge in [0, 0.05) is 48.2 Å². The first kappa shape index (κ1) is 28.3. The minimum absolute atomic E-state index is 0.0371. The van der Waals surface area contributed by atoms with Crippen LogP contribution >= 0.6 is 11.6 Å². The molecule has 3 aliphatic heterocycles. The molecule has 0 bridgehead atoms. The third-order valence-electron chi connectivity index (χ3n) is 10.1. The number of hydrogen-bond donors (Lipinski definition) is 2. The second-order valence-electron chi connectivity index (χ2n) is 13.6. The summed E-state index contributed by atoms with van der Waals surface area (Å²) in [6.45, 7) is 4.25. The Balaban J connectivity index is 1.26. The first-order chi connectivity index (χ1) is 21.2. The molecule has 1 saturated carbocycles. The summed E-state index contributed by atoms with van der Waals surface area (Å²) in [7, 11) is 0. The van der Waals surface area contributed by atoms with Gasteiger partial charge in [-0.2, -0.15) is 15.1 Å². The van der Waals surface area contributed by atoms with Crippen LogP contribution in [0.3, 0.4) is 0 Å². The molecule has 4 fully saturated rings. The molecule has 2 N–H and O–H groups in total. The summed E-state index contributed by atoms with van der Waals surface area (Å²) in [4.78, 5) is 18.2. The Morgan fingerprint density at radius 3 is 2.82 bits per heavy atom. The van der Waals surface area contributed by atoms with Gasteiger partial charge >= 0.3 is 6.01 Å². The zero-order chi connectivity index (χ0) is 30.2. The van der Waals surface area contributed by atoms with Gasteiger partial charge in [-0.1, -0.05) is 11.6 Å². The Kier molecular flexibility index (Phi) is 6.73. The van der Waals surface area contributed by atoms with Crippen LogP contribution in [0, 0.1) is 11.7 Å². The largest absolute Gasteiger partial charge is 0.461 e. The van der Waals surface area contributed by atoms with Crippen molar-refractivity contribution in [3.63, 3.8) is 0 Å². The standard InChI is InChI=1S/C32H36ClF2N7O2/c1-31(43)6-2-8-41(16-31)29-22-13-36-28(25-20(10-18-4-5-18)23(33)11-24-21(25)14-37-40-24)26(35)27(22)38-30(39-29)44-17-32-7-3-9-42(32)15-19(34)12-32/h11,13-14,18-19,43H,2-10,12,15-17H2,1H3,(H,37,40)/t19-,31-,32+/m1/s1. The van der Waals surface area contributed by atoms with Gasteiger partial charge in [-0.05, 0) is 76.0 Å². The van der Waals surface area contributed by atoms with Gasteiger partial charge in [0.2, 0.25) is 0 Å². The van der Waals surface area contributed by atoms with Crippen molar-refractivity contribution in [1.82, 2.24) is 30.0 Å². The summed E-state index contributed by atoms with van der Waals surface area (Å²) in [6, 6.07) is 1.88. The van der Waals surface area contributed by atoms with Crippen LogP contribution in [0.5, 0.6) is 6.01 Å². The molecule has 0 amide bonds. The number of pyridine rings is 1. The lowest BCUT2D eigenvalue weighted by Crippen LogP contribution is -2.46. The van der Waals surface area contributed by atoms with Crippen molar-refractivity contribution in [2.45, 2.75) is 75.6 Å². The third kappa shape index (κ3) is 4.87. The van der Waals surface area contributed by atoms with E-state index in [2.05, 4.69) is 25.1 Å². The van der Waals surface area contributed by atoms with E-state index in [1.54, 1.807) is 19.3 Å². The first-order valence-electron chi connectivity index (χ1n) is 15.7. The number of H-pyrrole nitrogens is 1. The van der Waals surface area contributed by atoms with E-state index in [-0.39, 0.29) is 23.8 Å². The summed E-state index contributed by atoms with van der Waals surface area (Å²) >= 11 is 6.79. The monoisotopic (exact) mass is 623 g/mol. The van der Waals surface area contributed by atoms with Crippen LogP contribution in [0.1, 0.15) is 57.4 Å². The van der Waals surface area contributed by atoms with Gasteiger partial charge in [0.15, 0.2) is 5.82 Å². The number of halogens is 3. The molecule has 3 saturated heterocycles. The van der Waals surface area contributed by atoms with Gasteiger partial charge in [0.1, 0.15) is 29.8 Å². The number of aromatic amines is 1. The number of β-amino-alcohol motifs (C(OH)–C–C–N with tert-alkyl or cyclic N) is 1. The predicted molar refractivity (Wildman–Crippen MR) is 164 cm³/mol. The third-order valence-corrected chi connectivity index (χ3v) is 10.4. The maximum Gasteiger partial charge on any atom is 0.319 e. The topological polar surface area (TPSA) is 103 Å². The van der Waals surface area contributed by atoms with Crippen molar-refractivity contribution in [3.05, 3.63) is 34.9 Å². The molecule has 0 unspecified atom stereocenters. The van der Waals surface area contributed by atoms with Crippen LogP contribution < -0.4 is 9.64 Å². The molecule has 4 aliphatic rings. The average molecular weight is 624 g/mol. The van der Waals surface area contributed by atoms with Gasteiger partial charge in [-0.25, -0.2) is 8.78 Å². The minimum Gasteiger partial charge on any atom is -0.461 e. The maximum atomic E-state index is 16.9. The lowest BCUT2D eigenvalue weighted by Gasteiger charge is -2.38. The highest BCUT2D eigenvalue weighted by Gasteiger charge is 2.49. The minimum atomic E-state index is -0.920. The highest BCUT2D eigenvalue weighted by molar-refractivity contribution is 6.33. The fraction of sp³-hybridized carbons (Fsp3) is 0.562. The molecule has 6 heterocycles. The normalized spacial score (nSPS) is 27.5. The second-order valence-corrected chi connectivity index (χ2v) is 14.0. The Morgan fingerprint density at radius 2 is 2.00 bits per heavy atom. The SMILES string of the molecule is C[C@@]1(O)CCCN(c2nc(OC[C@@]34CCCN3C[C@H](F)C4)nc3c(F)c(-c4c(CC5CC5)c(Cl)cc5[nH]ncc45)ncc23)C1. The van der Waals surface area contributed by atoms with E-state index in [1.165, 1.54) is 0 Å². The van der Waals surface area contributed by atoms with Gasteiger partial charge in [-0.3, -0.25) is 15.0 Å². The number of nitrogens with one attached hydrogen (secondary N) is 1. The van der Waals surface area contributed by atoms with Gasteiger partial charge in [0.05, 0.1) is 28.2 Å².